The number of carbonyl (C=O) groups excluding carboxylic acids is 1. The zero-order valence-electron chi connectivity index (χ0n) is 15.8. The number of hydrogen-bond acceptors (Lipinski definition) is 4. The highest BCUT2D eigenvalue weighted by Gasteiger charge is 2.35. The zero-order valence-corrected chi connectivity index (χ0v) is 15.8. The fraction of sp³-hybridized carbons (Fsp3) is 0.842. The number of carbonyl (C=O) groups is 1. The second kappa shape index (κ2) is 8.19. The summed E-state index contributed by atoms with van der Waals surface area (Å²) in [5.74, 6) is 2.54. The van der Waals surface area contributed by atoms with E-state index >= 15 is 0 Å². The van der Waals surface area contributed by atoms with Crippen molar-refractivity contribution >= 4 is 6.03 Å². The summed E-state index contributed by atoms with van der Waals surface area (Å²) in [6, 6.07) is -0.0467. The highest BCUT2D eigenvalue weighted by Crippen LogP contribution is 2.37. The summed E-state index contributed by atoms with van der Waals surface area (Å²) >= 11 is 0. The topological polar surface area (TPSA) is 80.0 Å². The van der Waals surface area contributed by atoms with Gasteiger partial charge in [-0.1, -0.05) is 44.7 Å². The van der Waals surface area contributed by atoms with Gasteiger partial charge in [-0.05, 0) is 50.4 Å². The van der Waals surface area contributed by atoms with Crippen LogP contribution < -0.4 is 10.6 Å². The van der Waals surface area contributed by atoms with Gasteiger partial charge in [0.2, 0.25) is 5.89 Å². The predicted octanol–water partition coefficient (Wildman–Crippen LogP) is 4.12. The molecule has 0 saturated heterocycles. The summed E-state index contributed by atoms with van der Waals surface area (Å²) in [6.45, 7) is 5.90. The van der Waals surface area contributed by atoms with Crippen LogP contribution in [0.3, 0.4) is 0 Å². The van der Waals surface area contributed by atoms with Gasteiger partial charge in [0.05, 0.1) is 0 Å². The Labute approximate surface area is 150 Å². The highest BCUT2D eigenvalue weighted by molar-refractivity contribution is 5.74. The number of rotatable bonds is 6. The summed E-state index contributed by atoms with van der Waals surface area (Å²) < 4.78 is 5.29. The first-order chi connectivity index (χ1) is 12.0. The van der Waals surface area contributed by atoms with E-state index in [2.05, 4.69) is 34.6 Å². The molecule has 2 aliphatic rings. The minimum absolute atomic E-state index is 0.0987. The molecule has 2 amide bonds. The molecule has 2 aliphatic carbocycles. The van der Waals surface area contributed by atoms with Gasteiger partial charge >= 0.3 is 6.03 Å². The lowest BCUT2D eigenvalue weighted by molar-refractivity contribution is 0.203. The highest BCUT2D eigenvalue weighted by atomic mass is 16.5. The molecule has 1 aromatic heterocycles. The Morgan fingerprint density at radius 2 is 1.60 bits per heavy atom. The third-order valence-corrected chi connectivity index (χ3v) is 5.88. The second-order valence-corrected chi connectivity index (χ2v) is 8.13. The molecule has 25 heavy (non-hydrogen) atoms. The van der Waals surface area contributed by atoms with Crippen LogP contribution in [0.25, 0.3) is 0 Å². The van der Waals surface area contributed by atoms with Crippen LogP contribution in [-0.4, -0.2) is 22.2 Å². The minimum atomic E-state index is -0.256. The molecule has 2 saturated carbocycles. The van der Waals surface area contributed by atoms with E-state index in [1.165, 1.54) is 51.4 Å². The van der Waals surface area contributed by atoms with Crippen molar-refractivity contribution in [3.05, 3.63) is 11.7 Å². The number of amides is 2. The summed E-state index contributed by atoms with van der Waals surface area (Å²) in [6.07, 6.45) is 10.2. The summed E-state index contributed by atoms with van der Waals surface area (Å²) in [5.41, 5.74) is 0. The van der Waals surface area contributed by atoms with Crippen LogP contribution in [0, 0.1) is 24.7 Å². The van der Waals surface area contributed by atoms with Crippen LogP contribution in [0.15, 0.2) is 4.52 Å². The van der Waals surface area contributed by atoms with Gasteiger partial charge in [-0.15, -0.1) is 0 Å². The number of aromatic nitrogens is 2. The molecule has 6 nitrogen and oxygen atoms in total. The van der Waals surface area contributed by atoms with E-state index in [1.807, 2.05) is 0 Å². The molecular formula is C19H32N4O2. The number of hydrogen-bond donors (Lipinski definition) is 2. The molecule has 6 heteroatoms. The van der Waals surface area contributed by atoms with Gasteiger partial charge in [-0.3, -0.25) is 0 Å². The van der Waals surface area contributed by atoms with Crippen molar-refractivity contribution in [3.63, 3.8) is 0 Å². The maximum Gasteiger partial charge on any atom is 0.315 e. The van der Waals surface area contributed by atoms with E-state index in [9.17, 15) is 4.79 Å². The van der Waals surface area contributed by atoms with Gasteiger partial charge in [-0.25, -0.2) is 4.79 Å². The van der Waals surface area contributed by atoms with Gasteiger partial charge in [0.1, 0.15) is 6.04 Å². The molecule has 0 aliphatic heterocycles. The minimum Gasteiger partial charge on any atom is -0.337 e. The first-order valence-electron chi connectivity index (χ1n) is 9.92. The van der Waals surface area contributed by atoms with Gasteiger partial charge in [-0.2, -0.15) is 4.98 Å². The molecule has 1 atom stereocenters. The summed E-state index contributed by atoms with van der Waals surface area (Å²) in [7, 11) is 0. The lowest BCUT2D eigenvalue weighted by Gasteiger charge is -2.31. The molecule has 1 aromatic rings. The van der Waals surface area contributed by atoms with Crippen molar-refractivity contribution in [1.82, 2.24) is 20.8 Å². The predicted molar refractivity (Wildman–Crippen MR) is 96.0 cm³/mol. The molecular weight excluding hydrogens is 316 g/mol. The largest absolute Gasteiger partial charge is 0.337 e. The summed E-state index contributed by atoms with van der Waals surface area (Å²) in [4.78, 5) is 17.0. The van der Waals surface area contributed by atoms with Gasteiger partial charge in [0.25, 0.3) is 0 Å². The van der Waals surface area contributed by atoms with E-state index in [-0.39, 0.29) is 18.0 Å². The average molecular weight is 348 g/mol. The summed E-state index contributed by atoms with van der Waals surface area (Å²) in [5, 5.41) is 10.3. The number of nitrogens with one attached hydrogen (secondary N) is 2. The van der Waals surface area contributed by atoms with Crippen molar-refractivity contribution in [2.45, 2.75) is 84.2 Å². The maximum atomic E-state index is 12.7. The van der Waals surface area contributed by atoms with Crippen LogP contribution in [0.4, 0.5) is 4.79 Å². The third kappa shape index (κ3) is 4.53. The number of nitrogens with zero attached hydrogens (tertiary/aromatic N) is 2. The van der Waals surface area contributed by atoms with Crippen molar-refractivity contribution in [2.24, 2.45) is 17.8 Å². The number of aryl methyl sites for hydroxylation is 1. The number of urea groups is 1. The molecule has 1 unspecified atom stereocenters. The van der Waals surface area contributed by atoms with Crippen molar-refractivity contribution < 1.29 is 9.32 Å². The Morgan fingerprint density at radius 3 is 2.04 bits per heavy atom. The normalized spacial score (nSPS) is 20.5. The van der Waals surface area contributed by atoms with E-state index in [0.29, 0.717) is 29.6 Å². The first-order valence-corrected chi connectivity index (χ1v) is 9.92. The van der Waals surface area contributed by atoms with Crippen LogP contribution >= 0.6 is 0 Å². The Balaban J connectivity index is 1.65. The lowest BCUT2D eigenvalue weighted by atomic mass is 9.86. The molecule has 3 rings (SSSR count). The second-order valence-electron chi connectivity index (χ2n) is 8.13. The Kier molecular flexibility index (Phi) is 5.97. The maximum absolute atomic E-state index is 12.7. The van der Waals surface area contributed by atoms with Gasteiger partial charge in [0.15, 0.2) is 5.82 Å². The fourth-order valence-corrected chi connectivity index (χ4v) is 4.54. The fourth-order valence-electron chi connectivity index (χ4n) is 4.54. The van der Waals surface area contributed by atoms with E-state index in [4.69, 9.17) is 4.52 Å². The van der Waals surface area contributed by atoms with Crippen molar-refractivity contribution in [3.8, 4) is 0 Å². The SMILES string of the molecule is Cc1noc(C(NC(=O)NC(C2CCCC2)C2CCCC2)C(C)C)n1. The molecule has 0 radical (unpaired) electrons. The Morgan fingerprint density at radius 1 is 1.04 bits per heavy atom. The van der Waals surface area contributed by atoms with E-state index in [1.54, 1.807) is 6.92 Å². The van der Waals surface area contributed by atoms with Crippen LogP contribution in [-0.2, 0) is 0 Å². The standard InChI is InChI=1S/C19H32N4O2/c1-12(2)16(18-20-13(3)23-25-18)21-19(24)22-17(14-8-4-5-9-14)15-10-6-7-11-15/h12,14-17H,4-11H2,1-3H3,(H2,21,22,24). The quantitative estimate of drug-likeness (QED) is 0.810. The van der Waals surface area contributed by atoms with Crippen molar-refractivity contribution in [2.75, 3.05) is 0 Å². The van der Waals surface area contributed by atoms with E-state index < -0.39 is 0 Å². The third-order valence-electron chi connectivity index (χ3n) is 5.88. The van der Waals surface area contributed by atoms with Crippen LogP contribution in [0.2, 0.25) is 0 Å². The molecule has 2 fully saturated rings. The van der Waals surface area contributed by atoms with Gasteiger partial charge < -0.3 is 15.2 Å². The monoisotopic (exact) mass is 348 g/mol. The van der Waals surface area contributed by atoms with Crippen LogP contribution in [0.5, 0.6) is 0 Å². The molecule has 0 bridgehead atoms. The molecule has 140 valence electrons. The Hall–Kier alpha value is -1.59. The van der Waals surface area contributed by atoms with E-state index in [0.717, 1.165) is 0 Å². The van der Waals surface area contributed by atoms with Crippen molar-refractivity contribution in [1.29, 1.82) is 0 Å². The smallest absolute Gasteiger partial charge is 0.315 e. The average Bonchev–Trinajstić information content (AvgIpc) is 3.32. The van der Waals surface area contributed by atoms with Crippen LogP contribution in [0.1, 0.15) is 83.0 Å². The lowest BCUT2D eigenvalue weighted by Crippen LogP contribution is -2.49. The molecule has 2 N–H and O–H groups in total. The first kappa shape index (κ1) is 18.2. The molecule has 0 aromatic carbocycles. The van der Waals surface area contributed by atoms with Gasteiger partial charge in [0, 0.05) is 6.04 Å². The molecule has 1 heterocycles. The zero-order chi connectivity index (χ0) is 17.8. The Bertz CT molecular complexity index is 544. The molecule has 0 spiro atoms.